The van der Waals surface area contributed by atoms with E-state index in [0.29, 0.717) is 5.56 Å². The van der Waals surface area contributed by atoms with Gasteiger partial charge in [-0.2, -0.15) is 0 Å². The highest BCUT2D eigenvalue weighted by Gasteiger charge is 2.25. The van der Waals surface area contributed by atoms with Crippen LogP contribution in [0.5, 0.6) is 0 Å². The molecule has 2 aromatic rings. The fourth-order valence-corrected chi connectivity index (χ4v) is 3.21. The van der Waals surface area contributed by atoms with Crippen molar-refractivity contribution in [1.82, 2.24) is 14.9 Å². The highest BCUT2D eigenvalue weighted by atomic mass is 16.5. The Bertz CT molecular complexity index is 688. The van der Waals surface area contributed by atoms with Crippen LogP contribution in [0.25, 0.3) is 5.82 Å². The molecule has 1 aliphatic rings. The molecule has 0 aliphatic carbocycles. The van der Waals surface area contributed by atoms with Crippen molar-refractivity contribution in [3.05, 3.63) is 47.4 Å². The van der Waals surface area contributed by atoms with Crippen molar-refractivity contribution in [3.63, 3.8) is 0 Å². The number of pyridine rings is 1. The van der Waals surface area contributed by atoms with Crippen LogP contribution in [0, 0.1) is 13.8 Å². The van der Waals surface area contributed by atoms with Gasteiger partial charge in [0.25, 0.3) is 5.91 Å². The molecule has 2 atom stereocenters. The molecule has 3 rings (SSSR count). The summed E-state index contributed by atoms with van der Waals surface area (Å²) in [6.07, 6.45) is 3.96. The molecule has 1 aliphatic heterocycles. The van der Waals surface area contributed by atoms with Crippen LogP contribution >= 0.6 is 0 Å². The van der Waals surface area contributed by atoms with Gasteiger partial charge in [-0.25, -0.2) is 4.98 Å². The minimum absolute atomic E-state index is 0.0166. The summed E-state index contributed by atoms with van der Waals surface area (Å²) in [5.74, 6) is 0.775. The van der Waals surface area contributed by atoms with E-state index in [-0.39, 0.29) is 18.1 Å². The lowest BCUT2D eigenvalue weighted by Gasteiger charge is -2.20. The van der Waals surface area contributed by atoms with E-state index in [0.717, 1.165) is 36.7 Å². The predicted octanol–water partition coefficient (Wildman–Crippen LogP) is 2.79. The summed E-state index contributed by atoms with van der Waals surface area (Å²) in [7, 11) is 0. The van der Waals surface area contributed by atoms with Crippen molar-refractivity contribution in [2.75, 3.05) is 6.61 Å². The Hall–Kier alpha value is -2.14. The second kappa shape index (κ2) is 6.54. The number of carbonyl (C=O) groups is 1. The molecule has 0 spiro atoms. The van der Waals surface area contributed by atoms with E-state index >= 15 is 0 Å². The number of carbonyl (C=O) groups excluding carboxylic acids is 1. The van der Waals surface area contributed by atoms with Gasteiger partial charge >= 0.3 is 0 Å². The van der Waals surface area contributed by atoms with E-state index in [4.69, 9.17) is 4.74 Å². The molecule has 2 unspecified atom stereocenters. The Balaban J connectivity index is 1.82. The third-order valence-electron chi connectivity index (χ3n) is 4.44. The Morgan fingerprint density at radius 1 is 1.43 bits per heavy atom. The molecule has 1 fully saturated rings. The minimum Gasteiger partial charge on any atom is -0.376 e. The largest absolute Gasteiger partial charge is 0.376 e. The fourth-order valence-electron chi connectivity index (χ4n) is 3.21. The second-order valence-electron chi connectivity index (χ2n) is 6.12. The molecule has 0 bridgehead atoms. The third-order valence-corrected chi connectivity index (χ3v) is 4.44. The van der Waals surface area contributed by atoms with E-state index < -0.39 is 0 Å². The maximum atomic E-state index is 12.6. The highest BCUT2D eigenvalue weighted by molar-refractivity contribution is 5.96. The van der Waals surface area contributed by atoms with Crippen molar-refractivity contribution in [1.29, 1.82) is 0 Å². The molecule has 5 nitrogen and oxygen atoms in total. The van der Waals surface area contributed by atoms with Gasteiger partial charge in [-0.05, 0) is 51.8 Å². The lowest BCUT2D eigenvalue weighted by atomic mass is 10.1. The Kier molecular flexibility index (Phi) is 4.48. The monoisotopic (exact) mass is 313 g/mol. The van der Waals surface area contributed by atoms with Gasteiger partial charge in [-0.3, -0.25) is 4.79 Å². The van der Waals surface area contributed by atoms with E-state index in [1.165, 1.54) is 0 Å². The van der Waals surface area contributed by atoms with Gasteiger partial charge in [0.05, 0.1) is 17.7 Å². The first kappa shape index (κ1) is 15.7. The maximum absolute atomic E-state index is 12.6. The SMILES string of the molecule is Cc1cc(C(=O)NC(C)C2CCCO2)c(C)n1-c1ccccn1. The third kappa shape index (κ3) is 3.15. The van der Waals surface area contributed by atoms with Crippen LogP contribution in [-0.4, -0.2) is 34.2 Å². The van der Waals surface area contributed by atoms with Gasteiger partial charge in [0.1, 0.15) is 5.82 Å². The first-order valence-electron chi connectivity index (χ1n) is 8.10. The zero-order chi connectivity index (χ0) is 16.4. The smallest absolute Gasteiger partial charge is 0.253 e. The molecule has 0 radical (unpaired) electrons. The summed E-state index contributed by atoms with van der Waals surface area (Å²) in [5.41, 5.74) is 2.59. The Labute approximate surface area is 136 Å². The average Bonchev–Trinajstić information content (AvgIpc) is 3.16. The van der Waals surface area contributed by atoms with E-state index in [2.05, 4.69) is 10.3 Å². The lowest BCUT2D eigenvalue weighted by molar-refractivity contribution is 0.0712. The topological polar surface area (TPSA) is 56.1 Å². The normalized spacial score (nSPS) is 18.8. The van der Waals surface area contributed by atoms with Gasteiger partial charge in [-0.15, -0.1) is 0 Å². The highest BCUT2D eigenvalue weighted by Crippen LogP contribution is 2.20. The quantitative estimate of drug-likeness (QED) is 0.944. The van der Waals surface area contributed by atoms with Crippen molar-refractivity contribution < 1.29 is 9.53 Å². The molecule has 0 aromatic carbocycles. The Morgan fingerprint density at radius 3 is 2.91 bits per heavy atom. The summed E-state index contributed by atoms with van der Waals surface area (Å²) < 4.78 is 7.66. The molecule has 23 heavy (non-hydrogen) atoms. The zero-order valence-corrected chi connectivity index (χ0v) is 13.9. The number of aromatic nitrogens is 2. The molecule has 5 heteroatoms. The van der Waals surface area contributed by atoms with Gasteiger partial charge in [-0.1, -0.05) is 6.07 Å². The first-order chi connectivity index (χ1) is 11.1. The molecule has 3 heterocycles. The number of rotatable bonds is 4. The van der Waals surface area contributed by atoms with Gasteiger partial charge in [0.15, 0.2) is 0 Å². The van der Waals surface area contributed by atoms with Crippen LogP contribution in [0.1, 0.15) is 41.5 Å². The number of ether oxygens (including phenoxy) is 1. The molecule has 2 aromatic heterocycles. The number of nitrogens with one attached hydrogen (secondary N) is 1. The minimum atomic E-state index is -0.0525. The zero-order valence-electron chi connectivity index (χ0n) is 13.9. The van der Waals surface area contributed by atoms with Gasteiger partial charge < -0.3 is 14.6 Å². The summed E-state index contributed by atoms with van der Waals surface area (Å²) >= 11 is 0. The van der Waals surface area contributed by atoms with E-state index in [1.54, 1.807) is 6.20 Å². The number of aryl methyl sites for hydroxylation is 1. The van der Waals surface area contributed by atoms with Crippen molar-refractivity contribution in [3.8, 4) is 5.82 Å². The molecule has 1 saturated heterocycles. The lowest BCUT2D eigenvalue weighted by Crippen LogP contribution is -2.40. The summed E-state index contributed by atoms with van der Waals surface area (Å²) in [6.45, 7) is 6.74. The van der Waals surface area contributed by atoms with Crippen LogP contribution in [0.2, 0.25) is 0 Å². The van der Waals surface area contributed by atoms with Gasteiger partial charge in [0.2, 0.25) is 0 Å². The molecule has 1 N–H and O–H groups in total. The van der Waals surface area contributed by atoms with Crippen LogP contribution < -0.4 is 5.32 Å². The fraction of sp³-hybridized carbons (Fsp3) is 0.444. The number of amides is 1. The van der Waals surface area contributed by atoms with Crippen LogP contribution in [-0.2, 0) is 4.74 Å². The number of hydrogen-bond donors (Lipinski definition) is 1. The first-order valence-corrected chi connectivity index (χ1v) is 8.10. The molecule has 122 valence electrons. The van der Waals surface area contributed by atoms with Crippen LogP contribution in [0.15, 0.2) is 30.5 Å². The molecular formula is C18H23N3O2. The second-order valence-corrected chi connectivity index (χ2v) is 6.12. The predicted molar refractivity (Wildman–Crippen MR) is 88.9 cm³/mol. The van der Waals surface area contributed by atoms with Crippen molar-refractivity contribution in [2.45, 2.75) is 45.8 Å². The summed E-state index contributed by atoms with van der Waals surface area (Å²) in [4.78, 5) is 17.0. The molecular weight excluding hydrogens is 290 g/mol. The summed E-state index contributed by atoms with van der Waals surface area (Å²) in [6, 6.07) is 7.70. The van der Waals surface area contributed by atoms with Gasteiger partial charge in [0, 0.05) is 24.2 Å². The summed E-state index contributed by atoms with van der Waals surface area (Å²) in [5, 5.41) is 3.07. The average molecular weight is 313 g/mol. The van der Waals surface area contributed by atoms with E-state index in [1.807, 2.05) is 49.6 Å². The van der Waals surface area contributed by atoms with Crippen molar-refractivity contribution >= 4 is 5.91 Å². The number of hydrogen-bond acceptors (Lipinski definition) is 3. The van der Waals surface area contributed by atoms with Crippen LogP contribution in [0.4, 0.5) is 0 Å². The maximum Gasteiger partial charge on any atom is 0.253 e. The van der Waals surface area contributed by atoms with Crippen LogP contribution in [0.3, 0.4) is 0 Å². The number of nitrogens with zero attached hydrogens (tertiary/aromatic N) is 2. The molecule has 0 saturated carbocycles. The van der Waals surface area contributed by atoms with Crippen molar-refractivity contribution in [2.24, 2.45) is 0 Å². The molecule has 1 amide bonds. The Morgan fingerprint density at radius 2 is 2.26 bits per heavy atom. The van der Waals surface area contributed by atoms with E-state index in [9.17, 15) is 4.79 Å². The standard InChI is InChI=1S/C18H23N3O2/c1-12-11-15(14(3)21(12)17-8-4-5-9-19-17)18(22)20-13(2)16-7-6-10-23-16/h4-5,8-9,11,13,16H,6-7,10H2,1-3H3,(H,20,22).